The summed E-state index contributed by atoms with van der Waals surface area (Å²) >= 11 is 0. The minimum atomic E-state index is -3.95. The summed E-state index contributed by atoms with van der Waals surface area (Å²) in [6.07, 6.45) is 0. The molecule has 0 aliphatic heterocycles. The molecule has 0 aromatic heterocycles. The lowest BCUT2D eigenvalue weighted by Gasteiger charge is -2.75. The molecule has 0 spiro atoms. The number of halogens is 11. The van der Waals surface area contributed by atoms with Gasteiger partial charge in [-0.2, -0.15) is 0 Å². The SMILES string of the molecule is NC(=O)C1(CF)C(CF)(CF)C(CF)(CF)C(CF)(CF)C(CF)(CF)C1(CF)CF. The van der Waals surface area contributed by atoms with Crippen LogP contribution in [0.5, 0.6) is 0 Å². The van der Waals surface area contributed by atoms with Crippen LogP contribution in [0.15, 0.2) is 0 Å². The van der Waals surface area contributed by atoms with Crippen LogP contribution in [-0.4, -0.2) is 79.3 Å². The third-order valence-corrected chi connectivity index (χ3v) is 8.20. The predicted octanol–water partition coefficient (Wildman–Crippen LogP) is 4.07. The molecule has 184 valence electrons. The zero-order chi connectivity index (χ0) is 24.4. The van der Waals surface area contributed by atoms with E-state index >= 15 is 0 Å². The van der Waals surface area contributed by atoms with Crippen LogP contribution in [0.25, 0.3) is 0 Å². The maximum Gasteiger partial charge on any atom is 0.227 e. The number of rotatable bonds is 12. The summed E-state index contributed by atoms with van der Waals surface area (Å²) in [5.74, 6) is -2.26. The van der Waals surface area contributed by atoms with Gasteiger partial charge in [-0.25, -0.2) is 4.39 Å². The van der Waals surface area contributed by atoms with Crippen LogP contribution in [0.2, 0.25) is 0 Å². The highest BCUT2D eigenvalue weighted by molar-refractivity contribution is 5.84. The quantitative estimate of drug-likeness (QED) is 0.422. The van der Waals surface area contributed by atoms with E-state index in [1.54, 1.807) is 0 Å². The van der Waals surface area contributed by atoms with Crippen molar-refractivity contribution in [3.8, 4) is 0 Å². The molecule has 13 heteroatoms. The zero-order valence-corrected chi connectivity index (χ0v) is 16.4. The van der Waals surface area contributed by atoms with E-state index in [4.69, 9.17) is 5.73 Å². The number of alkyl halides is 11. The summed E-state index contributed by atoms with van der Waals surface area (Å²) in [5, 5.41) is 0. The molecule has 0 aromatic rings. The van der Waals surface area contributed by atoms with Crippen molar-refractivity contribution in [3.63, 3.8) is 0 Å². The number of amides is 1. The Balaban J connectivity index is 4.66. The second kappa shape index (κ2) is 9.29. The maximum atomic E-state index is 14.6. The highest BCUT2D eigenvalue weighted by atomic mass is 19.2. The molecule has 2 N–H and O–H groups in total. The van der Waals surface area contributed by atoms with Gasteiger partial charge in [0.25, 0.3) is 0 Å². The molecule has 0 radical (unpaired) electrons. The smallest absolute Gasteiger partial charge is 0.227 e. The van der Waals surface area contributed by atoms with Gasteiger partial charge in [-0.1, -0.05) is 0 Å². The summed E-state index contributed by atoms with van der Waals surface area (Å²) < 4.78 is 159. The fraction of sp³-hybridized carbons (Fsp3) is 0.944. The second-order valence-corrected chi connectivity index (χ2v) is 8.15. The summed E-state index contributed by atoms with van der Waals surface area (Å²) in [4.78, 5) is 12.4. The molecule has 31 heavy (non-hydrogen) atoms. The zero-order valence-electron chi connectivity index (χ0n) is 16.4. The van der Waals surface area contributed by atoms with Gasteiger partial charge in [0, 0.05) is 5.41 Å². The van der Waals surface area contributed by atoms with Crippen molar-refractivity contribution >= 4 is 5.91 Å². The Morgan fingerprint density at radius 1 is 0.419 bits per heavy atom. The van der Waals surface area contributed by atoms with Crippen molar-refractivity contribution in [2.24, 2.45) is 38.2 Å². The molecule has 1 aliphatic carbocycles. The van der Waals surface area contributed by atoms with Gasteiger partial charge < -0.3 is 5.73 Å². The van der Waals surface area contributed by atoms with Gasteiger partial charge in [0.05, 0.1) is 93.8 Å². The summed E-state index contributed by atoms with van der Waals surface area (Å²) in [6, 6.07) is 0. The fourth-order valence-corrected chi connectivity index (χ4v) is 6.12. The van der Waals surface area contributed by atoms with Gasteiger partial charge in [0.1, 0.15) is 6.67 Å². The van der Waals surface area contributed by atoms with E-state index in [9.17, 15) is 53.1 Å². The Bertz CT molecular complexity index is 574. The maximum absolute atomic E-state index is 14.6. The highest BCUT2D eigenvalue weighted by Crippen LogP contribution is 2.80. The van der Waals surface area contributed by atoms with Crippen LogP contribution < -0.4 is 5.73 Å². The van der Waals surface area contributed by atoms with E-state index in [0.717, 1.165) is 0 Å². The van der Waals surface area contributed by atoms with Crippen LogP contribution in [-0.2, 0) is 4.79 Å². The third-order valence-electron chi connectivity index (χ3n) is 8.20. The summed E-state index contributed by atoms with van der Waals surface area (Å²) in [6.45, 7) is -27.1. The van der Waals surface area contributed by atoms with Crippen LogP contribution in [0.4, 0.5) is 48.3 Å². The Morgan fingerprint density at radius 3 is 0.742 bits per heavy atom. The topological polar surface area (TPSA) is 43.1 Å². The first-order valence-electron chi connectivity index (χ1n) is 9.07. The summed E-state index contributed by atoms with van der Waals surface area (Å²) in [5.41, 5.74) is -17.9. The molecule has 0 heterocycles. The van der Waals surface area contributed by atoms with E-state index in [1.165, 1.54) is 0 Å². The normalized spacial score (nSPS) is 24.6. The second-order valence-electron chi connectivity index (χ2n) is 8.15. The molecule has 2 nitrogen and oxygen atoms in total. The molecule has 1 rings (SSSR count). The van der Waals surface area contributed by atoms with Crippen molar-refractivity contribution < 1.29 is 53.1 Å². The van der Waals surface area contributed by atoms with Gasteiger partial charge >= 0.3 is 0 Å². The third kappa shape index (κ3) is 2.43. The number of primary amides is 1. The standard InChI is InChI=1S/C18H24F11NO/c19-1-13(2-20)14(3-21,4-22)16(7-25,8-26)18(11-29,12(30)31)17(9-27,10-28)15(13,5-23)6-24/h1-11H2,(H2,30,31). The Hall–Kier alpha value is -1.30. The highest BCUT2D eigenvalue weighted by Gasteiger charge is 2.90. The number of carbonyl (C=O) groups is 1. The van der Waals surface area contributed by atoms with Crippen molar-refractivity contribution in [2.75, 3.05) is 73.4 Å². The molecule has 1 fully saturated rings. The van der Waals surface area contributed by atoms with Crippen molar-refractivity contribution in [1.29, 1.82) is 0 Å². The lowest BCUT2D eigenvalue weighted by Crippen LogP contribution is -2.87. The predicted molar refractivity (Wildman–Crippen MR) is 89.5 cm³/mol. The van der Waals surface area contributed by atoms with Gasteiger partial charge in [0.2, 0.25) is 5.91 Å². The van der Waals surface area contributed by atoms with Gasteiger partial charge in [0.15, 0.2) is 0 Å². The molecule has 0 unspecified atom stereocenters. The molecule has 0 bridgehead atoms. The van der Waals surface area contributed by atoms with Gasteiger partial charge in [-0.15, -0.1) is 0 Å². The average molecular weight is 479 g/mol. The van der Waals surface area contributed by atoms with E-state index in [-0.39, 0.29) is 0 Å². The van der Waals surface area contributed by atoms with Crippen LogP contribution >= 0.6 is 0 Å². The van der Waals surface area contributed by atoms with E-state index < -0.39 is 112 Å². The molecule has 1 amide bonds. The summed E-state index contributed by atoms with van der Waals surface area (Å²) in [7, 11) is 0. The average Bonchev–Trinajstić information content (AvgIpc) is 2.81. The molecule has 0 atom stereocenters. The number of carbonyl (C=O) groups excluding carboxylic acids is 1. The molecule has 1 saturated carbocycles. The number of hydrogen-bond acceptors (Lipinski definition) is 1. The minimum Gasteiger partial charge on any atom is -0.369 e. The largest absolute Gasteiger partial charge is 0.369 e. The number of nitrogens with two attached hydrogens (primary N) is 1. The molecule has 1 aliphatic rings. The van der Waals surface area contributed by atoms with Crippen molar-refractivity contribution in [3.05, 3.63) is 0 Å². The molecule has 0 saturated heterocycles. The van der Waals surface area contributed by atoms with E-state index in [2.05, 4.69) is 0 Å². The number of hydrogen-bond donors (Lipinski definition) is 1. The van der Waals surface area contributed by atoms with Crippen molar-refractivity contribution in [1.82, 2.24) is 0 Å². The van der Waals surface area contributed by atoms with E-state index in [0.29, 0.717) is 0 Å². The van der Waals surface area contributed by atoms with E-state index in [1.807, 2.05) is 0 Å². The first kappa shape index (κ1) is 27.7. The van der Waals surface area contributed by atoms with Gasteiger partial charge in [-0.3, -0.25) is 48.7 Å². The van der Waals surface area contributed by atoms with Crippen LogP contribution in [0, 0.1) is 32.5 Å². The first-order chi connectivity index (χ1) is 14.6. The lowest BCUT2D eigenvalue weighted by molar-refractivity contribution is -0.364. The Kier molecular flexibility index (Phi) is 8.31. The first-order valence-corrected chi connectivity index (χ1v) is 9.07. The minimum absolute atomic E-state index is 2.26. The lowest BCUT2D eigenvalue weighted by atomic mass is 9.25. The van der Waals surface area contributed by atoms with Crippen LogP contribution in [0.1, 0.15) is 0 Å². The molecule has 0 aromatic carbocycles. The van der Waals surface area contributed by atoms with Crippen molar-refractivity contribution in [2.45, 2.75) is 0 Å². The van der Waals surface area contributed by atoms with Gasteiger partial charge in [-0.05, 0) is 0 Å². The Labute approximate surface area is 171 Å². The Morgan fingerprint density at radius 2 is 0.613 bits per heavy atom. The molecular weight excluding hydrogens is 455 g/mol. The van der Waals surface area contributed by atoms with Crippen LogP contribution in [0.3, 0.4) is 0 Å². The monoisotopic (exact) mass is 479 g/mol. The molecular formula is C18H24F11NO. The fourth-order valence-electron chi connectivity index (χ4n) is 6.12.